The molecule has 2 aromatic carbocycles. The van der Waals surface area contributed by atoms with Gasteiger partial charge in [-0.05, 0) is 56.1 Å². The number of nitrogens with zero attached hydrogens (tertiary/aromatic N) is 4. The number of rotatable bonds is 7. The van der Waals surface area contributed by atoms with Gasteiger partial charge in [0.2, 0.25) is 0 Å². The van der Waals surface area contributed by atoms with Gasteiger partial charge in [-0.25, -0.2) is 4.39 Å². The zero-order valence-corrected chi connectivity index (χ0v) is 17.6. The van der Waals surface area contributed by atoms with Crippen molar-refractivity contribution in [2.24, 2.45) is 0 Å². The average molecular weight is 411 g/mol. The molecule has 0 amide bonds. The van der Waals surface area contributed by atoms with Gasteiger partial charge in [0.1, 0.15) is 11.6 Å². The zero-order valence-electron chi connectivity index (χ0n) is 16.8. The molecule has 6 heteroatoms. The molecular formula is C23H27FN4S. The smallest absolute Gasteiger partial charge is 0.192 e. The van der Waals surface area contributed by atoms with Gasteiger partial charge in [0.25, 0.3) is 0 Å². The van der Waals surface area contributed by atoms with E-state index in [1.807, 2.05) is 18.2 Å². The maximum Gasteiger partial charge on any atom is 0.192 e. The van der Waals surface area contributed by atoms with Crippen LogP contribution in [0.3, 0.4) is 0 Å². The number of thioether (sulfide) groups is 1. The molecule has 0 radical (unpaired) electrons. The fourth-order valence-electron chi connectivity index (χ4n) is 3.73. The van der Waals surface area contributed by atoms with E-state index in [2.05, 4.69) is 50.9 Å². The molecule has 29 heavy (non-hydrogen) atoms. The average Bonchev–Trinajstić information content (AvgIpc) is 3.11. The first-order valence-corrected chi connectivity index (χ1v) is 11.2. The molecule has 152 valence electrons. The second-order valence-corrected chi connectivity index (χ2v) is 8.93. The molecule has 0 saturated carbocycles. The van der Waals surface area contributed by atoms with Crippen molar-refractivity contribution in [2.75, 3.05) is 13.1 Å². The van der Waals surface area contributed by atoms with Crippen molar-refractivity contribution in [3.63, 3.8) is 0 Å². The highest BCUT2D eigenvalue weighted by Crippen LogP contribution is 2.34. The molecule has 3 aromatic rings. The molecule has 4 nitrogen and oxygen atoms in total. The fraction of sp³-hybridized carbons (Fsp3) is 0.391. The minimum atomic E-state index is -0.206. The summed E-state index contributed by atoms with van der Waals surface area (Å²) in [7, 11) is 0. The molecule has 1 aliphatic heterocycles. The van der Waals surface area contributed by atoms with Crippen molar-refractivity contribution < 1.29 is 4.39 Å². The lowest BCUT2D eigenvalue weighted by atomic mass is 10.1. The van der Waals surface area contributed by atoms with E-state index >= 15 is 0 Å². The number of halogens is 1. The lowest BCUT2D eigenvalue weighted by Crippen LogP contribution is -2.30. The summed E-state index contributed by atoms with van der Waals surface area (Å²) in [6.45, 7) is 5.99. The summed E-state index contributed by atoms with van der Waals surface area (Å²) >= 11 is 1.68. The molecular weight excluding hydrogens is 383 g/mol. The number of benzene rings is 2. The molecule has 1 fully saturated rings. The molecule has 1 saturated heterocycles. The van der Waals surface area contributed by atoms with Crippen molar-refractivity contribution in [3.8, 4) is 0 Å². The van der Waals surface area contributed by atoms with Crippen molar-refractivity contribution in [2.45, 2.75) is 49.7 Å². The molecule has 4 rings (SSSR count). The number of hydrogen-bond donors (Lipinski definition) is 0. The van der Waals surface area contributed by atoms with Gasteiger partial charge in [-0.1, -0.05) is 60.6 Å². The normalized spacial score (nSPS) is 16.1. The van der Waals surface area contributed by atoms with Crippen LogP contribution in [0.15, 0.2) is 59.8 Å². The first kappa shape index (κ1) is 20.1. The van der Waals surface area contributed by atoms with Gasteiger partial charge in [-0.2, -0.15) is 0 Å². The maximum absolute atomic E-state index is 13.3. The summed E-state index contributed by atoms with van der Waals surface area (Å²) < 4.78 is 15.5. The molecule has 1 atom stereocenters. The van der Waals surface area contributed by atoms with E-state index in [0.717, 1.165) is 42.7 Å². The van der Waals surface area contributed by atoms with Crippen LogP contribution in [-0.4, -0.2) is 32.8 Å². The highest BCUT2D eigenvalue weighted by molar-refractivity contribution is 7.99. The van der Waals surface area contributed by atoms with Crippen LogP contribution < -0.4 is 0 Å². The summed E-state index contributed by atoms with van der Waals surface area (Å²) in [5, 5.41) is 10.2. The summed E-state index contributed by atoms with van der Waals surface area (Å²) in [5.74, 6) is 0.812. The standard InChI is InChI=1S/C23H27FN4S/c1-18(20-10-12-21(24)13-11-20)29-23-26-25-22(17-27-14-6-3-7-15-27)28(23)16-19-8-4-2-5-9-19/h2,4-5,8-13,18H,3,6-7,14-17H2,1H3. The first-order chi connectivity index (χ1) is 14.2. The van der Waals surface area contributed by atoms with Crippen LogP contribution in [0.5, 0.6) is 0 Å². The van der Waals surface area contributed by atoms with Crippen LogP contribution in [-0.2, 0) is 13.1 Å². The summed E-state index contributed by atoms with van der Waals surface area (Å²) in [4.78, 5) is 2.48. The van der Waals surface area contributed by atoms with Gasteiger partial charge in [0.15, 0.2) is 5.16 Å². The van der Waals surface area contributed by atoms with E-state index in [-0.39, 0.29) is 11.1 Å². The number of piperidine rings is 1. The van der Waals surface area contributed by atoms with Gasteiger partial charge in [0, 0.05) is 5.25 Å². The second kappa shape index (κ2) is 9.55. The fourth-order valence-corrected chi connectivity index (χ4v) is 4.72. The second-order valence-electron chi connectivity index (χ2n) is 7.62. The lowest BCUT2D eigenvalue weighted by molar-refractivity contribution is 0.213. The Morgan fingerprint density at radius 3 is 2.38 bits per heavy atom. The van der Waals surface area contributed by atoms with Gasteiger partial charge < -0.3 is 4.57 Å². The minimum absolute atomic E-state index is 0.164. The Labute approximate surface area is 176 Å². The Bertz CT molecular complexity index is 904. The molecule has 2 heterocycles. The summed E-state index contributed by atoms with van der Waals surface area (Å²) in [5.41, 5.74) is 2.33. The lowest BCUT2D eigenvalue weighted by Gasteiger charge is -2.26. The molecule has 0 spiro atoms. The first-order valence-electron chi connectivity index (χ1n) is 10.3. The Balaban J connectivity index is 1.57. The predicted molar refractivity (Wildman–Crippen MR) is 115 cm³/mol. The minimum Gasteiger partial charge on any atom is -0.300 e. The highest BCUT2D eigenvalue weighted by Gasteiger charge is 2.20. The molecule has 0 bridgehead atoms. The van der Waals surface area contributed by atoms with Crippen molar-refractivity contribution >= 4 is 11.8 Å². The molecule has 1 aliphatic rings. The van der Waals surface area contributed by atoms with E-state index in [1.54, 1.807) is 11.8 Å². The van der Waals surface area contributed by atoms with Crippen LogP contribution in [0.4, 0.5) is 4.39 Å². The third-order valence-corrected chi connectivity index (χ3v) is 6.55. The van der Waals surface area contributed by atoms with Crippen LogP contribution in [0.25, 0.3) is 0 Å². The topological polar surface area (TPSA) is 34.0 Å². The van der Waals surface area contributed by atoms with Crippen LogP contribution in [0.1, 0.15) is 48.4 Å². The third kappa shape index (κ3) is 5.25. The van der Waals surface area contributed by atoms with Crippen LogP contribution in [0, 0.1) is 5.82 Å². The maximum atomic E-state index is 13.3. The van der Waals surface area contributed by atoms with E-state index < -0.39 is 0 Å². The Kier molecular flexibility index (Phi) is 6.62. The number of aromatic nitrogens is 3. The summed E-state index contributed by atoms with van der Waals surface area (Å²) in [6.07, 6.45) is 3.84. The van der Waals surface area contributed by atoms with E-state index in [1.165, 1.54) is 37.0 Å². The van der Waals surface area contributed by atoms with Crippen molar-refractivity contribution in [1.29, 1.82) is 0 Å². The predicted octanol–water partition coefficient (Wildman–Crippen LogP) is 5.30. The monoisotopic (exact) mass is 410 g/mol. The van der Waals surface area contributed by atoms with Gasteiger partial charge in [0.05, 0.1) is 13.1 Å². The molecule has 0 aliphatic carbocycles. The molecule has 0 N–H and O–H groups in total. The Morgan fingerprint density at radius 1 is 0.931 bits per heavy atom. The Morgan fingerprint density at radius 2 is 1.66 bits per heavy atom. The zero-order chi connectivity index (χ0) is 20.1. The van der Waals surface area contributed by atoms with Crippen molar-refractivity contribution in [3.05, 3.63) is 77.4 Å². The molecule has 1 unspecified atom stereocenters. The van der Waals surface area contributed by atoms with Gasteiger partial charge >= 0.3 is 0 Å². The van der Waals surface area contributed by atoms with Crippen molar-refractivity contribution in [1.82, 2.24) is 19.7 Å². The van der Waals surface area contributed by atoms with Crippen LogP contribution >= 0.6 is 11.8 Å². The quantitative estimate of drug-likeness (QED) is 0.495. The molecule has 1 aromatic heterocycles. The van der Waals surface area contributed by atoms with E-state index in [9.17, 15) is 4.39 Å². The van der Waals surface area contributed by atoms with Gasteiger partial charge in [-0.15, -0.1) is 10.2 Å². The largest absolute Gasteiger partial charge is 0.300 e. The van der Waals surface area contributed by atoms with Gasteiger partial charge in [-0.3, -0.25) is 4.90 Å². The number of likely N-dealkylation sites (tertiary alicyclic amines) is 1. The summed E-state index contributed by atoms with van der Waals surface area (Å²) in [6, 6.07) is 17.2. The Hall–Kier alpha value is -2.18. The number of hydrogen-bond acceptors (Lipinski definition) is 4. The van der Waals surface area contributed by atoms with E-state index in [4.69, 9.17) is 0 Å². The van der Waals surface area contributed by atoms with Crippen LogP contribution in [0.2, 0.25) is 0 Å². The van der Waals surface area contributed by atoms with E-state index in [0.29, 0.717) is 0 Å². The highest BCUT2D eigenvalue weighted by atomic mass is 32.2. The third-order valence-electron chi connectivity index (χ3n) is 5.41. The SMILES string of the molecule is CC(Sc1nnc(CN2CCCCC2)n1Cc1ccccc1)c1ccc(F)cc1.